The summed E-state index contributed by atoms with van der Waals surface area (Å²) in [6.45, 7) is 5.38. The summed E-state index contributed by atoms with van der Waals surface area (Å²) in [5.74, 6) is -0.365. The van der Waals surface area contributed by atoms with Crippen LogP contribution >= 0.6 is 0 Å². The van der Waals surface area contributed by atoms with E-state index in [1.54, 1.807) is 0 Å². The van der Waals surface area contributed by atoms with Crippen molar-refractivity contribution in [2.24, 2.45) is 0 Å². The molecule has 2 rings (SSSR count). The van der Waals surface area contributed by atoms with Gasteiger partial charge in [0, 0.05) is 49.9 Å². The predicted octanol–water partition coefficient (Wildman–Crippen LogP) is 2.09. The van der Waals surface area contributed by atoms with Gasteiger partial charge in [-0.3, -0.25) is 15.0 Å². The highest BCUT2D eigenvalue weighted by Gasteiger charge is 2.24. The summed E-state index contributed by atoms with van der Waals surface area (Å²) in [5, 5.41) is 14.1. The van der Waals surface area contributed by atoms with Crippen molar-refractivity contribution in [1.29, 1.82) is 0 Å². The highest BCUT2D eigenvalue weighted by Crippen LogP contribution is 2.29. The summed E-state index contributed by atoms with van der Waals surface area (Å²) >= 11 is 0. The number of piperazine rings is 1. The lowest BCUT2D eigenvalue weighted by atomic mass is 10.0. The Bertz CT molecular complexity index is 461. The fourth-order valence-corrected chi connectivity index (χ4v) is 2.57. The van der Waals surface area contributed by atoms with E-state index in [1.807, 2.05) is 6.92 Å². The van der Waals surface area contributed by atoms with Gasteiger partial charge in [0.2, 0.25) is 0 Å². The molecule has 0 aliphatic carbocycles. The first kappa shape index (κ1) is 13.9. The van der Waals surface area contributed by atoms with Gasteiger partial charge in [-0.05, 0) is 12.5 Å². The van der Waals surface area contributed by atoms with Crippen molar-refractivity contribution in [1.82, 2.24) is 10.2 Å². The highest BCUT2D eigenvalue weighted by atomic mass is 19.1. The minimum Gasteiger partial charge on any atom is -0.314 e. The molecule has 0 aromatic heterocycles. The fourth-order valence-electron chi connectivity index (χ4n) is 2.57. The van der Waals surface area contributed by atoms with E-state index >= 15 is 0 Å². The van der Waals surface area contributed by atoms with Crippen LogP contribution in [0.1, 0.15) is 24.9 Å². The van der Waals surface area contributed by atoms with Crippen LogP contribution in [0.2, 0.25) is 0 Å². The van der Waals surface area contributed by atoms with Crippen LogP contribution in [0.25, 0.3) is 0 Å². The van der Waals surface area contributed by atoms with Crippen molar-refractivity contribution in [3.05, 3.63) is 39.7 Å². The first-order valence-corrected chi connectivity index (χ1v) is 6.52. The number of nitrogens with one attached hydrogen (secondary N) is 1. The Morgan fingerprint density at radius 2 is 2.16 bits per heavy atom. The Kier molecular flexibility index (Phi) is 4.44. The zero-order valence-electron chi connectivity index (χ0n) is 10.9. The van der Waals surface area contributed by atoms with E-state index in [0.717, 1.165) is 32.6 Å². The monoisotopic (exact) mass is 267 g/mol. The highest BCUT2D eigenvalue weighted by molar-refractivity contribution is 5.37. The van der Waals surface area contributed by atoms with Gasteiger partial charge in [0.05, 0.1) is 4.92 Å². The van der Waals surface area contributed by atoms with Crippen molar-refractivity contribution < 1.29 is 9.31 Å². The lowest BCUT2D eigenvalue weighted by Crippen LogP contribution is -2.45. The molecule has 0 spiro atoms. The smallest absolute Gasteiger partial charge is 0.269 e. The van der Waals surface area contributed by atoms with Crippen molar-refractivity contribution in [3.8, 4) is 0 Å². The minimum absolute atomic E-state index is 0.0509. The molecule has 1 N–H and O–H groups in total. The summed E-state index contributed by atoms with van der Waals surface area (Å²) < 4.78 is 14.0. The van der Waals surface area contributed by atoms with Gasteiger partial charge in [-0.25, -0.2) is 4.39 Å². The molecule has 0 unspecified atom stereocenters. The predicted molar refractivity (Wildman–Crippen MR) is 70.5 cm³/mol. The second-order valence-corrected chi connectivity index (χ2v) is 4.67. The van der Waals surface area contributed by atoms with Crippen molar-refractivity contribution in [2.45, 2.75) is 19.4 Å². The largest absolute Gasteiger partial charge is 0.314 e. The Hall–Kier alpha value is -1.53. The van der Waals surface area contributed by atoms with Crippen LogP contribution < -0.4 is 5.32 Å². The standard InChI is InChI=1S/C13H18FN3O2/c1-2-13(16-7-5-15-6-8-16)11-9-10(17(18)19)3-4-12(11)14/h3-4,9,13,15H,2,5-8H2,1H3/t13-/m1/s1. The molecule has 0 saturated carbocycles. The quantitative estimate of drug-likeness (QED) is 0.670. The van der Waals surface area contributed by atoms with Crippen LogP contribution in [0, 0.1) is 15.9 Å². The second-order valence-electron chi connectivity index (χ2n) is 4.67. The number of non-ortho nitro benzene ring substituents is 1. The average Bonchev–Trinajstić information content (AvgIpc) is 2.42. The van der Waals surface area contributed by atoms with Gasteiger partial charge in [-0.15, -0.1) is 0 Å². The molecule has 19 heavy (non-hydrogen) atoms. The third-order valence-corrected chi connectivity index (χ3v) is 3.53. The van der Waals surface area contributed by atoms with E-state index in [0.29, 0.717) is 5.56 Å². The van der Waals surface area contributed by atoms with Gasteiger partial charge >= 0.3 is 0 Å². The van der Waals surface area contributed by atoms with Crippen molar-refractivity contribution >= 4 is 5.69 Å². The lowest BCUT2D eigenvalue weighted by Gasteiger charge is -2.34. The number of halogens is 1. The number of nitrogens with zero attached hydrogens (tertiary/aromatic N) is 2. The second kappa shape index (κ2) is 6.08. The van der Waals surface area contributed by atoms with E-state index in [1.165, 1.54) is 18.2 Å². The molecule has 1 aromatic carbocycles. The van der Waals surface area contributed by atoms with Gasteiger partial charge in [0.15, 0.2) is 0 Å². The third-order valence-electron chi connectivity index (χ3n) is 3.53. The molecule has 104 valence electrons. The molecule has 0 radical (unpaired) electrons. The summed E-state index contributed by atoms with van der Waals surface area (Å²) in [5.41, 5.74) is 0.378. The van der Waals surface area contributed by atoms with Crippen molar-refractivity contribution in [3.63, 3.8) is 0 Å². The molecule has 5 nitrogen and oxygen atoms in total. The summed E-state index contributed by atoms with van der Waals surface area (Å²) in [7, 11) is 0. The normalized spacial score (nSPS) is 18.2. The van der Waals surface area contributed by atoms with Crippen molar-refractivity contribution in [2.75, 3.05) is 26.2 Å². The fraction of sp³-hybridized carbons (Fsp3) is 0.538. The molecule has 0 amide bonds. The Morgan fingerprint density at radius 1 is 1.47 bits per heavy atom. The summed E-state index contributed by atoms with van der Waals surface area (Å²) in [6.07, 6.45) is 0.734. The van der Waals surface area contributed by atoms with Crippen LogP contribution in [0.4, 0.5) is 10.1 Å². The van der Waals surface area contributed by atoms with Crippen LogP contribution in [0.5, 0.6) is 0 Å². The van der Waals surface area contributed by atoms with Gasteiger partial charge in [-0.1, -0.05) is 6.92 Å². The Labute approximate surface area is 111 Å². The molecular formula is C13H18FN3O2. The van der Waals surface area contributed by atoms with Gasteiger partial charge in [-0.2, -0.15) is 0 Å². The van der Waals surface area contributed by atoms with E-state index in [4.69, 9.17) is 0 Å². The molecule has 1 heterocycles. The molecule has 1 aromatic rings. The van der Waals surface area contributed by atoms with E-state index in [2.05, 4.69) is 10.2 Å². The maximum absolute atomic E-state index is 14.0. The van der Waals surface area contributed by atoms with Crippen LogP contribution in [-0.2, 0) is 0 Å². The van der Waals surface area contributed by atoms with Gasteiger partial charge in [0.25, 0.3) is 5.69 Å². The number of nitro benzene ring substituents is 1. The van der Waals surface area contributed by atoms with Crippen LogP contribution in [0.3, 0.4) is 0 Å². The molecule has 6 heteroatoms. The molecule has 1 aliphatic rings. The number of rotatable bonds is 4. The maximum atomic E-state index is 14.0. The first-order chi connectivity index (χ1) is 9.13. The van der Waals surface area contributed by atoms with E-state index in [9.17, 15) is 14.5 Å². The summed E-state index contributed by atoms with van der Waals surface area (Å²) in [4.78, 5) is 12.5. The Balaban J connectivity index is 2.30. The average molecular weight is 267 g/mol. The van der Waals surface area contributed by atoms with Crippen LogP contribution in [0.15, 0.2) is 18.2 Å². The first-order valence-electron chi connectivity index (χ1n) is 6.52. The molecule has 0 bridgehead atoms. The molecule has 1 fully saturated rings. The van der Waals surface area contributed by atoms with Gasteiger partial charge < -0.3 is 5.32 Å². The summed E-state index contributed by atoms with van der Waals surface area (Å²) in [6, 6.07) is 3.68. The molecule has 1 saturated heterocycles. The number of benzene rings is 1. The van der Waals surface area contributed by atoms with Crippen LogP contribution in [-0.4, -0.2) is 36.0 Å². The maximum Gasteiger partial charge on any atom is 0.269 e. The minimum atomic E-state index is -0.479. The zero-order chi connectivity index (χ0) is 13.8. The molecular weight excluding hydrogens is 249 g/mol. The third kappa shape index (κ3) is 3.08. The topological polar surface area (TPSA) is 58.4 Å². The van der Waals surface area contributed by atoms with E-state index in [-0.39, 0.29) is 17.5 Å². The molecule has 1 aliphatic heterocycles. The number of hydrogen-bond acceptors (Lipinski definition) is 4. The van der Waals surface area contributed by atoms with Gasteiger partial charge in [0.1, 0.15) is 5.82 Å². The number of hydrogen-bond donors (Lipinski definition) is 1. The van der Waals surface area contributed by atoms with E-state index < -0.39 is 4.92 Å². The number of nitro groups is 1. The Morgan fingerprint density at radius 3 is 2.74 bits per heavy atom. The SMILES string of the molecule is CC[C@H](c1cc([N+](=O)[O-])ccc1F)N1CCNCC1. The molecule has 1 atom stereocenters. The lowest BCUT2D eigenvalue weighted by molar-refractivity contribution is -0.385. The zero-order valence-corrected chi connectivity index (χ0v) is 10.9.